The fourth-order valence-corrected chi connectivity index (χ4v) is 3.15. The van der Waals surface area contributed by atoms with Gasteiger partial charge in [0.15, 0.2) is 15.6 Å². The van der Waals surface area contributed by atoms with Crippen molar-refractivity contribution in [2.24, 2.45) is 0 Å². The van der Waals surface area contributed by atoms with Crippen LogP contribution in [0, 0.1) is 0 Å². The number of fused-ring (bicyclic) bond motifs is 1. The number of benzene rings is 1. The number of nitrogens with zero attached hydrogens (tertiary/aromatic N) is 1. The van der Waals surface area contributed by atoms with Gasteiger partial charge in [0.25, 0.3) is 0 Å². The van der Waals surface area contributed by atoms with Crippen molar-refractivity contribution in [3.05, 3.63) is 18.2 Å². The van der Waals surface area contributed by atoms with Crippen LogP contribution in [0.2, 0.25) is 0 Å². The summed E-state index contributed by atoms with van der Waals surface area (Å²) in [6.45, 7) is 2.18. The number of sulfone groups is 1. The van der Waals surface area contributed by atoms with E-state index in [1.165, 1.54) is 26.2 Å². The van der Waals surface area contributed by atoms with E-state index in [0.717, 1.165) is 0 Å². The largest absolute Gasteiger partial charge is 0.423 e. The van der Waals surface area contributed by atoms with Crippen LogP contribution in [-0.2, 0) is 24.2 Å². The van der Waals surface area contributed by atoms with Gasteiger partial charge >= 0.3 is 5.97 Å². The number of nitrogens with one attached hydrogen (secondary N) is 1. The van der Waals surface area contributed by atoms with Crippen molar-refractivity contribution >= 4 is 27.4 Å². The van der Waals surface area contributed by atoms with E-state index in [9.17, 15) is 18.0 Å². The van der Waals surface area contributed by atoms with E-state index in [0.29, 0.717) is 18.8 Å². The number of hydrogen-bond acceptors (Lipinski definition) is 7. The molecule has 1 aromatic rings. The molecular formula is C15H20N2O6S. The number of rotatable bonds is 7. The molecule has 1 N–H and O–H groups in total. The summed E-state index contributed by atoms with van der Waals surface area (Å²) in [4.78, 5) is 25.3. The molecule has 0 radical (unpaired) electrons. The fourth-order valence-electron chi connectivity index (χ4n) is 2.26. The van der Waals surface area contributed by atoms with Crippen LogP contribution < -0.4 is 15.0 Å². The van der Waals surface area contributed by atoms with Gasteiger partial charge in [-0.25, -0.2) is 13.2 Å². The summed E-state index contributed by atoms with van der Waals surface area (Å²) in [7, 11) is -1.87. The minimum Gasteiger partial charge on any atom is -0.423 e. The lowest BCUT2D eigenvalue weighted by atomic mass is 10.2. The average Bonchev–Trinajstić information content (AvgIpc) is 2.54. The van der Waals surface area contributed by atoms with Gasteiger partial charge in [0.1, 0.15) is 6.54 Å². The molecule has 9 heteroatoms. The zero-order valence-corrected chi connectivity index (χ0v) is 14.4. The van der Waals surface area contributed by atoms with Gasteiger partial charge in [0, 0.05) is 19.7 Å². The Labute approximate surface area is 140 Å². The molecule has 0 bridgehead atoms. The Bertz CT molecular complexity index is 731. The first-order chi connectivity index (χ1) is 11.4. The van der Waals surface area contributed by atoms with Crippen molar-refractivity contribution in [2.75, 3.05) is 44.0 Å². The molecule has 2 rings (SSSR count). The van der Waals surface area contributed by atoms with Crippen molar-refractivity contribution in [1.82, 2.24) is 5.32 Å². The van der Waals surface area contributed by atoms with Crippen LogP contribution in [0.4, 0.5) is 5.69 Å². The monoisotopic (exact) mass is 356 g/mol. The number of carbonyl (C=O) groups is 2. The van der Waals surface area contributed by atoms with Gasteiger partial charge in [-0.15, -0.1) is 0 Å². The Morgan fingerprint density at radius 1 is 1.42 bits per heavy atom. The first-order valence-electron chi connectivity index (χ1n) is 7.45. The topological polar surface area (TPSA) is 102 Å². The predicted molar refractivity (Wildman–Crippen MR) is 86.9 cm³/mol. The van der Waals surface area contributed by atoms with Gasteiger partial charge in [-0.3, -0.25) is 4.79 Å². The van der Waals surface area contributed by atoms with E-state index in [1.807, 2.05) is 0 Å². The van der Waals surface area contributed by atoms with E-state index >= 15 is 0 Å². The summed E-state index contributed by atoms with van der Waals surface area (Å²) in [5, 5.41) is 2.67. The summed E-state index contributed by atoms with van der Waals surface area (Å²) in [6.07, 6.45) is 0. The van der Waals surface area contributed by atoms with Crippen LogP contribution in [0.25, 0.3) is 0 Å². The Hall–Kier alpha value is -2.13. The second-order valence-electron chi connectivity index (χ2n) is 5.21. The van der Waals surface area contributed by atoms with Gasteiger partial charge in [0.05, 0.1) is 29.5 Å². The van der Waals surface area contributed by atoms with Gasteiger partial charge in [-0.1, -0.05) is 6.92 Å². The molecule has 0 unspecified atom stereocenters. The molecule has 1 amide bonds. The maximum atomic E-state index is 11.9. The molecule has 0 aliphatic carbocycles. The van der Waals surface area contributed by atoms with Crippen LogP contribution in [0.15, 0.2) is 23.1 Å². The average molecular weight is 356 g/mol. The zero-order chi connectivity index (χ0) is 17.7. The molecule has 1 aliphatic heterocycles. The highest BCUT2D eigenvalue weighted by Crippen LogP contribution is 2.34. The molecule has 24 heavy (non-hydrogen) atoms. The minimum absolute atomic E-state index is 0.0360. The summed E-state index contributed by atoms with van der Waals surface area (Å²) >= 11 is 0. The number of esters is 1. The first kappa shape index (κ1) is 18.2. The molecule has 0 saturated carbocycles. The number of methoxy groups -OCH3 is 1. The SMILES string of the molecule is CCS(=O)(=O)c1ccc2c(c1)OC(=O)CN2CC(=O)NCCOC. The van der Waals surface area contributed by atoms with Gasteiger partial charge in [-0.2, -0.15) is 0 Å². The van der Waals surface area contributed by atoms with Crippen molar-refractivity contribution in [3.63, 3.8) is 0 Å². The lowest BCUT2D eigenvalue weighted by Gasteiger charge is -2.29. The summed E-state index contributed by atoms with van der Waals surface area (Å²) in [5.74, 6) is -0.715. The summed E-state index contributed by atoms with van der Waals surface area (Å²) < 4.78 is 33.9. The second kappa shape index (κ2) is 7.63. The zero-order valence-electron chi connectivity index (χ0n) is 13.6. The predicted octanol–water partition coefficient (Wildman–Crippen LogP) is -0.0318. The quantitative estimate of drug-likeness (QED) is 0.416. The highest BCUT2D eigenvalue weighted by atomic mass is 32.2. The summed E-state index contributed by atoms with van der Waals surface area (Å²) in [6, 6.07) is 4.32. The van der Waals surface area contributed by atoms with Crippen LogP contribution in [0.1, 0.15) is 6.92 Å². The molecule has 0 saturated heterocycles. The lowest BCUT2D eigenvalue weighted by Crippen LogP contribution is -2.44. The van der Waals surface area contributed by atoms with E-state index in [4.69, 9.17) is 9.47 Å². The van der Waals surface area contributed by atoms with Crippen LogP contribution >= 0.6 is 0 Å². The van der Waals surface area contributed by atoms with Crippen molar-refractivity contribution < 1.29 is 27.5 Å². The third-order valence-electron chi connectivity index (χ3n) is 3.52. The highest BCUT2D eigenvalue weighted by Gasteiger charge is 2.27. The van der Waals surface area contributed by atoms with Crippen molar-refractivity contribution in [1.29, 1.82) is 0 Å². The molecule has 8 nitrogen and oxygen atoms in total. The number of ether oxygens (including phenoxy) is 2. The molecule has 0 aromatic heterocycles. The van der Waals surface area contributed by atoms with Crippen molar-refractivity contribution in [3.8, 4) is 5.75 Å². The second-order valence-corrected chi connectivity index (χ2v) is 7.48. The molecular weight excluding hydrogens is 336 g/mol. The Morgan fingerprint density at radius 2 is 2.17 bits per heavy atom. The standard InChI is InChI=1S/C15H20N2O6S/c1-3-24(20,21)11-4-5-12-13(8-11)23-15(19)10-17(12)9-14(18)16-6-7-22-2/h4-5,8H,3,6-7,9-10H2,1-2H3,(H,16,18). The number of carbonyl (C=O) groups excluding carboxylic acids is 2. The molecule has 0 fully saturated rings. The Morgan fingerprint density at radius 3 is 2.83 bits per heavy atom. The molecule has 1 aliphatic rings. The maximum absolute atomic E-state index is 11.9. The molecule has 1 heterocycles. The van der Waals surface area contributed by atoms with Crippen LogP contribution in [0.5, 0.6) is 5.75 Å². The normalized spacial score (nSPS) is 14.1. The highest BCUT2D eigenvalue weighted by molar-refractivity contribution is 7.91. The fraction of sp³-hybridized carbons (Fsp3) is 0.467. The summed E-state index contributed by atoms with van der Waals surface area (Å²) in [5.41, 5.74) is 0.506. The minimum atomic E-state index is -3.41. The smallest absolute Gasteiger partial charge is 0.331 e. The maximum Gasteiger partial charge on any atom is 0.331 e. The Kier molecular flexibility index (Phi) is 5.79. The molecule has 1 aromatic carbocycles. The van der Waals surface area contributed by atoms with Gasteiger partial charge in [0.2, 0.25) is 5.91 Å². The number of amides is 1. The van der Waals surface area contributed by atoms with Crippen molar-refractivity contribution in [2.45, 2.75) is 11.8 Å². The van der Waals surface area contributed by atoms with E-state index in [-0.39, 0.29) is 35.4 Å². The molecule has 132 valence electrons. The lowest BCUT2D eigenvalue weighted by molar-refractivity contribution is -0.133. The molecule has 0 atom stereocenters. The van der Waals surface area contributed by atoms with E-state index in [2.05, 4.69) is 5.32 Å². The Balaban J connectivity index is 2.20. The third-order valence-corrected chi connectivity index (χ3v) is 5.25. The van der Waals surface area contributed by atoms with Gasteiger partial charge < -0.3 is 19.7 Å². The number of anilines is 1. The van der Waals surface area contributed by atoms with E-state index < -0.39 is 15.8 Å². The van der Waals surface area contributed by atoms with Gasteiger partial charge in [-0.05, 0) is 12.1 Å². The van der Waals surface area contributed by atoms with Crippen LogP contribution in [-0.4, -0.2) is 59.4 Å². The van der Waals surface area contributed by atoms with Crippen LogP contribution in [0.3, 0.4) is 0 Å². The number of hydrogen-bond donors (Lipinski definition) is 1. The first-order valence-corrected chi connectivity index (χ1v) is 9.10. The van der Waals surface area contributed by atoms with E-state index in [1.54, 1.807) is 11.0 Å². The molecule has 0 spiro atoms. The third kappa shape index (κ3) is 4.24.